The third-order valence-corrected chi connectivity index (χ3v) is 8.38. The number of halogens is 1. The molecule has 4 fully saturated rings. The number of hydrogen-bond donors (Lipinski definition) is 1. The van der Waals surface area contributed by atoms with E-state index in [1.54, 1.807) is 23.1 Å². The highest BCUT2D eigenvalue weighted by Gasteiger charge is 2.52. The molecule has 6 rings (SSSR count). The fourth-order valence-electron chi connectivity index (χ4n) is 6.03. The molecule has 7 heteroatoms. The number of anilines is 1. The summed E-state index contributed by atoms with van der Waals surface area (Å²) in [5.41, 5.74) is 2.84. The number of aromatic nitrogens is 3. The van der Waals surface area contributed by atoms with Gasteiger partial charge in [-0.05, 0) is 79.1 Å². The Morgan fingerprint density at radius 3 is 2.42 bits per heavy atom. The van der Waals surface area contributed by atoms with Gasteiger partial charge in [-0.15, -0.1) is 11.3 Å². The number of nitrogens with one attached hydrogen (secondary N) is 1. The summed E-state index contributed by atoms with van der Waals surface area (Å²) < 4.78 is 2.36. The van der Waals surface area contributed by atoms with Gasteiger partial charge in [0.25, 0.3) is 5.91 Å². The summed E-state index contributed by atoms with van der Waals surface area (Å²) in [4.78, 5) is 17.6. The van der Waals surface area contributed by atoms with Crippen LogP contribution in [0.3, 0.4) is 0 Å². The number of amides is 1. The molecule has 0 saturated heterocycles. The first-order valence-corrected chi connectivity index (χ1v) is 11.1. The van der Waals surface area contributed by atoms with Crippen molar-refractivity contribution in [2.45, 2.75) is 50.9 Å². The zero-order valence-corrected chi connectivity index (χ0v) is 17.5. The van der Waals surface area contributed by atoms with E-state index >= 15 is 0 Å². The Balaban J connectivity index is 1.38. The highest BCUT2D eigenvalue weighted by atomic mass is 79.9. The van der Waals surface area contributed by atoms with E-state index in [9.17, 15) is 4.79 Å². The van der Waals surface area contributed by atoms with Crippen molar-refractivity contribution in [3.8, 4) is 0 Å². The van der Waals surface area contributed by atoms with E-state index in [1.807, 2.05) is 6.92 Å². The summed E-state index contributed by atoms with van der Waals surface area (Å²) >= 11 is 5.02. The molecule has 4 aliphatic carbocycles. The van der Waals surface area contributed by atoms with Gasteiger partial charge in [0, 0.05) is 17.8 Å². The largest absolute Gasteiger partial charge is 0.296 e. The summed E-state index contributed by atoms with van der Waals surface area (Å²) in [5.74, 6) is 2.53. The molecular formula is C19H23BrN4OS. The Kier molecular flexibility index (Phi) is 3.84. The van der Waals surface area contributed by atoms with Crippen LogP contribution in [0.1, 0.15) is 60.4 Å². The lowest BCUT2D eigenvalue weighted by Gasteiger charge is -2.56. The quantitative estimate of drug-likeness (QED) is 0.763. The number of thiazole rings is 1. The fraction of sp³-hybridized carbons (Fsp3) is 0.632. The van der Waals surface area contributed by atoms with Crippen molar-refractivity contribution in [1.82, 2.24) is 14.8 Å². The number of rotatable bonds is 3. The molecule has 4 aliphatic rings. The van der Waals surface area contributed by atoms with Gasteiger partial charge in [0.15, 0.2) is 5.13 Å². The number of nitrogens with zero attached hydrogens (tertiary/aromatic N) is 3. The second-order valence-electron chi connectivity index (χ2n) is 8.56. The fourth-order valence-corrected chi connectivity index (χ4v) is 7.38. The highest BCUT2D eigenvalue weighted by Crippen LogP contribution is 2.60. The maximum Gasteiger partial charge on any atom is 0.276 e. The van der Waals surface area contributed by atoms with Crippen LogP contribution in [0.4, 0.5) is 5.13 Å². The van der Waals surface area contributed by atoms with Gasteiger partial charge in [0.05, 0.1) is 15.9 Å². The summed E-state index contributed by atoms with van der Waals surface area (Å²) in [7, 11) is 1.79. The molecule has 2 aromatic rings. The molecule has 2 heterocycles. The third kappa shape index (κ3) is 2.58. The van der Waals surface area contributed by atoms with E-state index in [0.717, 1.165) is 27.9 Å². The summed E-state index contributed by atoms with van der Waals surface area (Å²) in [6.45, 7) is 1.88. The van der Waals surface area contributed by atoms with Crippen LogP contribution in [0.25, 0.3) is 0 Å². The van der Waals surface area contributed by atoms with Crippen molar-refractivity contribution in [3.63, 3.8) is 0 Å². The molecule has 0 radical (unpaired) electrons. The molecule has 4 saturated carbocycles. The average Bonchev–Trinajstić information content (AvgIpc) is 3.11. The van der Waals surface area contributed by atoms with Gasteiger partial charge in [-0.2, -0.15) is 5.10 Å². The molecule has 0 aromatic carbocycles. The van der Waals surface area contributed by atoms with E-state index in [1.165, 1.54) is 44.2 Å². The van der Waals surface area contributed by atoms with Crippen LogP contribution in [-0.4, -0.2) is 20.7 Å². The average molecular weight is 435 g/mol. The normalized spacial score (nSPS) is 32.2. The summed E-state index contributed by atoms with van der Waals surface area (Å²) in [6, 6.07) is 0. The van der Waals surface area contributed by atoms with Crippen LogP contribution in [-0.2, 0) is 12.5 Å². The molecule has 0 atom stereocenters. The van der Waals surface area contributed by atoms with Crippen LogP contribution < -0.4 is 5.32 Å². The summed E-state index contributed by atoms with van der Waals surface area (Å²) in [6.07, 6.45) is 8.18. The molecule has 1 amide bonds. The summed E-state index contributed by atoms with van der Waals surface area (Å²) in [5, 5.41) is 10.2. The number of carbonyl (C=O) groups is 1. The van der Waals surface area contributed by atoms with E-state index in [0.29, 0.717) is 10.8 Å². The molecule has 1 N–H and O–H groups in total. The number of hydrogen-bond acceptors (Lipinski definition) is 4. The van der Waals surface area contributed by atoms with E-state index in [4.69, 9.17) is 4.98 Å². The minimum atomic E-state index is -0.161. The first kappa shape index (κ1) is 16.9. The predicted molar refractivity (Wildman–Crippen MR) is 106 cm³/mol. The van der Waals surface area contributed by atoms with Crippen molar-refractivity contribution in [2.75, 3.05) is 5.32 Å². The monoisotopic (exact) mass is 434 g/mol. The Hall–Kier alpha value is -1.21. The molecule has 5 nitrogen and oxygen atoms in total. The van der Waals surface area contributed by atoms with Crippen LogP contribution in [0.2, 0.25) is 0 Å². The Labute approximate surface area is 165 Å². The lowest BCUT2D eigenvalue weighted by Crippen LogP contribution is -2.48. The maximum absolute atomic E-state index is 12.7. The second kappa shape index (κ2) is 5.89. The molecule has 4 bridgehead atoms. The predicted octanol–water partition coefficient (Wildman–Crippen LogP) is 4.67. The number of carbonyl (C=O) groups excluding carboxylic acids is 1. The first-order valence-electron chi connectivity index (χ1n) is 9.40. The molecule has 0 unspecified atom stereocenters. The van der Waals surface area contributed by atoms with Crippen molar-refractivity contribution in [3.05, 3.63) is 26.9 Å². The lowest BCUT2D eigenvalue weighted by molar-refractivity contribution is -0.00688. The topological polar surface area (TPSA) is 59.8 Å². The minimum Gasteiger partial charge on any atom is -0.296 e. The molecule has 26 heavy (non-hydrogen) atoms. The SMILES string of the molecule is Cc1nn(C)c(C(=O)Nc2nc(C34CC5CC(CC(C5)C3)C4)cs2)c1Br. The Bertz CT molecular complexity index is 851. The molecule has 0 aliphatic heterocycles. The van der Waals surface area contributed by atoms with Gasteiger partial charge in [-0.3, -0.25) is 14.8 Å². The van der Waals surface area contributed by atoms with Gasteiger partial charge in [0.1, 0.15) is 5.69 Å². The molecule has 0 spiro atoms. The van der Waals surface area contributed by atoms with E-state index < -0.39 is 0 Å². The Morgan fingerprint density at radius 1 is 1.27 bits per heavy atom. The van der Waals surface area contributed by atoms with Gasteiger partial charge >= 0.3 is 0 Å². The van der Waals surface area contributed by atoms with Gasteiger partial charge in [-0.1, -0.05) is 0 Å². The van der Waals surface area contributed by atoms with Gasteiger partial charge < -0.3 is 0 Å². The third-order valence-electron chi connectivity index (χ3n) is 6.67. The van der Waals surface area contributed by atoms with Crippen molar-refractivity contribution in [2.24, 2.45) is 24.8 Å². The van der Waals surface area contributed by atoms with Crippen LogP contribution in [0, 0.1) is 24.7 Å². The smallest absolute Gasteiger partial charge is 0.276 e. The molecular weight excluding hydrogens is 412 g/mol. The number of aryl methyl sites for hydroxylation is 2. The molecule has 138 valence electrons. The minimum absolute atomic E-state index is 0.161. The highest BCUT2D eigenvalue weighted by molar-refractivity contribution is 9.10. The lowest BCUT2D eigenvalue weighted by atomic mass is 9.49. The zero-order valence-electron chi connectivity index (χ0n) is 15.1. The van der Waals surface area contributed by atoms with Crippen molar-refractivity contribution < 1.29 is 4.79 Å². The van der Waals surface area contributed by atoms with Gasteiger partial charge in [-0.25, -0.2) is 4.98 Å². The maximum atomic E-state index is 12.7. The zero-order chi connectivity index (χ0) is 18.1. The van der Waals surface area contributed by atoms with E-state index in [2.05, 4.69) is 31.7 Å². The Morgan fingerprint density at radius 2 is 1.88 bits per heavy atom. The van der Waals surface area contributed by atoms with Crippen LogP contribution >= 0.6 is 27.3 Å². The van der Waals surface area contributed by atoms with Crippen molar-refractivity contribution in [1.29, 1.82) is 0 Å². The van der Waals surface area contributed by atoms with Crippen molar-refractivity contribution >= 4 is 38.3 Å². The first-order chi connectivity index (χ1) is 12.4. The van der Waals surface area contributed by atoms with Crippen LogP contribution in [0.5, 0.6) is 0 Å². The molecule has 2 aromatic heterocycles. The van der Waals surface area contributed by atoms with Gasteiger partial charge in [0.2, 0.25) is 0 Å². The second-order valence-corrected chi connectivity index (χ2v) is 10.2. The standard InChI is InChI=1S/C19H23BrN4OS/c1-10-15(20)16(24(2)23-10)17(25)22-18-21-14(9-26-18)19-6-11-3-12(7-19)5-13(4-11)8-19/h9,11-13H,3-8H2,1-2H3,(H,21,22,25). The van der Waals surface area contributed by atoms with E-state index in [-0.39, 0.29) is 11.3 Å². The van der Waals surface area contributed by atoms with Crippen LogP contribution in [0.15, 0.2) is 9.85 Å².